The monoisotopic (exact) mass is 290 g/mol. The van der Waals surface area contributed by atoms with E-state index in [1.165, 1.54) is 0 Å². The average Bonchev–Trinajstić information content (AvgIpc) is 2.47. The summed E-state index contributed by atoms with van der Waals surface area (Å²) in [7, 11) is 3.84. The molecule has 3 rings (SSSR count). The highest BCUT2D eigenvalue weighted by atomic mass is 35.5. The van der Waals surface area contributed by atoms with Crippen molar-refractivity contribution < 1.29 is 0 Å². The molecule has 0 amide bonds. The largest absolute Gasteiger partial charge is 0.371 e. The number of anilines is 4. The van der Waals surface area contributed by atoms with Crippen LogP contribution in [-0.4, -0.2) is 42.1 Å². The summed E-state index contributed by atoms with van der Waals surface area (Å²) in [6.45, 7) is 1.70. The summed E-state index contributed by atoms with van der Waals surface area (Å²) in [5, 5.41) is 3.09. The molecule has 1 aliphatic rings. The molecule has 6 nitrogen and oxygen atoms in total. The number of nitrogens with one attached hydrogen (secondary N) is 1. The first kappa shape index (κ1) is 12.9. The second kappa shape index (κ2) is 5.13. The molecule has 2 heterocycles. The van der Waals surface area contributed by atoms with E-state index in [4.69, 9.17) is 11.6 Å². The Morgan fingerprint density at radius 2 is 1.85 bits per heavy atom. The SMILES string of the molecule is CNc1nc(Cl)nc(N2CCN(C)c3ccccc32)n1. The van der Waals surface area contributed by atoms with Crippen molar-refractivity contribution >= 4 is 34.9 Å². The molecular formula is C13H15ClN6. The van der Waals surface area contributed by atoms with Crippen LogP contribution < -0.4 is 15.1 Å². The number of rotatable bonds is 2. The van der Waals surface area contributed by atoms with Gasteiger partial charge in [-0.05, 0) is 23.7 Å². The van der Waals surface area contributed by atoms with Crippen LogP contribution in [0.2, 0.25) is 5.28 Å². The Hall–Kier alpha value is -2.08. The highest BCUT2D eigenvalue weighted by Gasteiger charge is 2.23. The number of hydrogen-bond donors (Lipinski definition) is 1. The van der Waals surface area contributed by atoms with Gasteiger partial charge < -0.3 is 15.1 Å². The number of para-hydroxylation sites is 2. The first-order valence-electron chi connectivity index (χ1n) is 6.36. The fraction of sp³-hybridized carbons (Fsp3) is 0.308. The first-order valence-corrected chi connectivity index (χ1v) is 6.74. The molecule has 0 bridgehead atoms. The van der Waals surface area contributed by atoms with Crippen LogP contribution in [0, 0.1) is 0 Å². The van der Waals surface area contributed by atoms with Crippen molar-refractivity contribution in [3.05, 3.63) is 29.5 Å². The third kappa shape index (κ3) is 2.22. The number of benzene rings is 1. The van der Waals surface area contributed by atoms with Crippen LogP contribution in [0.4, 0.5) is 23.3 Å². The first-order chi connectivity index (χ1) is 9.69. The normalized spacial score (nSPS) is 14.2. The van der Waals surface area contributed by atoms with Gasteiger partial charge in [0.2, 0.25) is 17.2 Å². The van der Waals surface area contributed by atoms with E-state index in [9.17, 15) is 0 Å². The van der Waals surface area contributed by atoms with E-state index in [1.807, 2.05) is 12.1 Å². The van der Waals surface area contributed by atoms with Crippen LogP contribution in [0.5, 0.6) is 0 Å². The minimum atomic E-state index is 0.191. The van der Waals surface area contributed by atoms with Crippen molar-refractivity contribution in [1.29, 1.82) is 0 Å². The maximum absolute atomic E-state index is 5.96. The smallest absolute Gasteiger partial charge is 0.236 e. The van der Waals surface area contributed by atoms with E-state index in [-0.39, 0.29) is 5.28 Å². The number of likely N-dealkylation sites (N-methyl/N-ethyl adjacent to an activating group) is 1. The highest BCUT2D eigenvalue weighted by molar-refractivity contribution is 6.28. The molecule has 0 radical (unpaired) electrons. The third-order valence-corrected chi connectivity index (χ3v) is 3.47. The predicted octanol–water partition coefficient (Wildman–Crippen LogP) is 2.15. The Morgan fingerprint density at radius 1 is 1.10 bits per heavy atom. The number of fused-ring (bicyclic) bond motifs is 1. The molecule has 20 heavy (non-hydrogen) atoms. The Labute approximate surface area is 122 Å². The van der Waals surface area contributed by atoms with E-state index in [0.29, 0.717) is 11.9 Å². The van der Waals surface area contributed by atoms with Crippen molar-refractivity contribution in [3.8, 4) is 0 Å². The maximum Gasteiger partial charge on any atom is 0.236 e. The summed E-state index contributed by atoms with van der Waals surface area (Å²) >= 11 is 5.96. The van der Waals surface area contributed by atoms with Gasteiger partial charge in [-0.3, -0.25) is 0 Å². The van der Waals surface area contributed by atoms with Gasteiger partial charge in [0.15, 0.2) is 0 Å². The molecule has 2 aromatic rings. The van der Waals surface area contributed by atoms with Gasteiger partial charge in [-0.25, -0.2) is 0 Å². The number of hydrogen-bond acceptors (Lipinski definition) is 6. The molecule has 104 valence electrons. The van der Waals surface area contributed by atoms with E-state index >= 15 is 0 Å². The van der Waals surface area contributed by atoms with Crippen molar-refractivity contribution in [1.82, 2.24) is 15.0 Å². The molecule has 1 aromatic carbocycles. The predicted molar refractivity (Wildman–Crippen MR) is 81.1 cm³/mol. The minimum Gasteiger partial charge on any atom is -0.371 e. The minimum absolute atomic E-state index is 0.191. The molecule has 0 fully saturated rings. The zero-order chi connectivity index (χ0) is 14.1. The Balaban J connectivity index is 2.07. The number of nitrogens with zero attached hydrogens (tertiary/aromatic N) is 5. The Morgan fingerprint density at radius 3 is 2.60 bits per heavy atom. The molecule has 0 unspecified atom stereocenters. The standard InChI is InChI=1S/C13H15ClN6/c1-15-12-16-11(14)17-13(18-12)20-8-7-19(2)9-5-3-4-6-10(9)20/h3-6H,7-8H2,1-2H3,(H,15,16,17,18). The van der Waals surface area contributed by atoms with Crippen LogP contribution in [0.15, 0.2) is 24.3 Å². The Kier molecular flexibility index (Phi) is 3.31. The summed E-state index contributed by atoms with van der Waals surface area (Å²) in [5.74, 6) is 1.03. The molecule has 0 spiro atoms. The topological polar surface area (TPSA) is 57.2 Å². The molecule has 1 aliphatic heterocycles. The summed E-state index contributed by atoms with van der Waals surface area (Å²) in [6.07, 6.45) is 0. The number of halogens is 1. The lowest BCUT2D eigenvalue weighted by atomic mass is 10.2. The molecule has 0 saturated heterocycles. The second-order valence-electron chi connectivity index (χ2n) is 4.54. The van der Waals surface area contributed by atoms with Crippen LogP contribution >= 0.6 is 11.6 Å². The van der Waals surface area contributed by atoms with Gasteiger partial charge in [0.05, 0.1) is 11.4 Å². The molecule has 0 atom stereocenters. The zero-order valence-corrected chi connectivity index (χ0v) is 12.1. The lowest BCUT2D eigenvalue weighted by Gasteiger charge is -2.35. The lowest BCUT2D eigenvalue weighted by Crippen LogP contribution is -2.37. The van der Waals surface area contributed by atoms with Crippen molar-refractivity contribution in [3.63, 3.8) is 0 Å². The average molecular weight is 291 g/mol. The molecule has 0 aliphatic carbocycles. The van der Waals surface area contributed by atoms with Gasteiger partial charge >= 0.3 is 0 Å². The van der Waals surface area contributed by atoms with Gasteiger partial charge in [0.25, 0.3) is 0 Å². The van der Waals surface area contributed by atoms with Crippen LogP contribution in [0.25, 0.3) is 0 Å². The molecular weight excluding hydrogens is 276 g/mol. The maximum atomic E-state index is 5.96. The van der Waals surface area contributed by atoms with Crippen LogP contribution in [0.1, 0.15) is 0 Å². The quantitative estimate of drug-likeness (QED) is 0.915. The van der Waals surface area contributed by atoms with Gasteiger partial charge in [-0.15, -0.1) is 0 Å². The van der Waals surface area contributed by atoms with Crippen molar-refractivity contribution in [2.24, 2.45) is 0 Å². The fourth-order valence-electron chi connectivity index (χ4n) is 2.29. The van der Waals surface area contributed by atoms with Gasteiger partial charge in [-0.2, -0.15) is 15.0 Å². The number of aromatic nitrogens is 3. The summed E-state index contributed by atoms with van der Waals surface area (Å²) in [4.78, 5) is 16.9. The van der Waals surface area contributed by atoms with E-state index in [1.54, 1.807) is 7.05 Å². The van der Waals surface area contributed by atoms with Crippen molar-refractivity contribution in [2.75, 3.05) is 42.3 Å². The molecule has 0 saturated carbocycles. The molecule has 1 N–H and O–H groups in total. The molecule has 7 heteroatoms. The highest BCUT2D eigenvalue weighted by Crippen LogP contribution is 2.35. The van der Waals surface area contributed by atoms with Crippen molar-refractivity contribution in [2.45, 2.75) is 0 Å². The fourth-order valence-corrected chi connectivity index (χ4v) is 2.44. The van der Waals surface area contributed by atoms with E-state index in [0.717, 1.165) is 24.5 Å². The summed E-state index contributed by atoms with van der Waals surface area (Å²) in [6, 6.07) is 8.18. The third-order valence-electron chi connectivity index (χ3n) is 3.30. The lowest BCUT2D eigenvalue weighted by molar-refractivity contribution is 0.797. The van der Waals surface area contributed by atoms with Gasteiger partial charge in [0.1, 0.15) is 0 Å². The van der Waals surface area contributed by atoms with Gasteiger partial charge in [0, 0.05) is 27.2 Å². The van der Waals surface area contributed by atoms with E-state index < -0.39 is 0 Å². The summed E-state index contributed by atoms with van der Waals surface area (Å²) < 4.78 is 0. The summed E-state index contributed by atoms with van der Waals surface area (Å²) in [5.41, 5.74) is 2.23. The second-order valence-corrected chi connectivity index (χ2v) is 4.88. The van der Waals surface area contributed by atoms with Gasteiger partial charge in [-0.1, -0.05) is 12.1 Å². The Bertz CT molecular complexity index is 632. The molecule has 1 aromatic heterocycles. The van der Waals surface area contributed by atoms with Crippen LogP contribution in [0.3, 0.4) is 0 Å². The van der Waals surface area contributed by atoms with E-state index in [2.05, 4.69) is 49.2 Å². The zero-order valence-electron chi connectivity index (χ0n) is 11.3. The van der Waals surface area contributed by atoms with Crippen LogP contribution in [-0.2, 0) is 0 Å².